The zero-order chi connectivity index (χ0) is 18.1. The van der Waals surface area contributed by atoms with E-state index in [1.54, 1.807) is 0 Å². The number of hydrogen-bond acceptors (Lipinski definition) is 5. The molecule has 1 heterocycles. The predicted molar refractivity (Wildman–Crippen MR) is 101 cm³/mol. The molecular weight excluding hydrogens is 350 g/mol. The fourth-order valence-electron chi connectivity index (χ4n) is 2.83. The number of nitrogens with zero attached hydrogens (tertiary/aromatic N) is 2. The Balaban J connectivity index is 1.62. The first-order valence-electron chi connectivity index (χ1n) is 8.78. The van der Waals surface area contributed by atoms with Crippen LogP contribution in [0, 0.1) is 0 Å². The lowest BCUT2D eigenvalue weighted by atomic mass is 10.1. The maximum atomic E-state index is 12.0. The molecule has 6 heteroatoms. The van der Waals surface area contributed by atoms with Gasteiger partial charge in [0.05, 0.1) is 12.6 Å². The van der Waals surface area contributed by atoms with Crippen molar-refractivity contribution in [3.63, 3.8) is 0 Å². The van der Waals surface area contributed by atoms with E-state index in [0.717, 1.165) is 31.2 Å². The van der Waals surface area contributed by atoms with Gasteiger partial charge in [0.1, 0.15) is 16.7 Å². The van der Waals surface area contributed by atoms with Gasteiger partial charge in [0.2, 0.25) is 0 Å². The predicted octanol–water partition coefficient (Wildman–Crippen LogP) is 4.45. The van der Waals surface area contributed by atoms with Gasteiger partial charge in [0, 0.05) is 5.92 Å². The van der Waals surface area contributed by atoms with Crippen LogP contribution in [0.15, 0.2) is 36.4 Å². The number of halogens is 1. The number of carbonyl (C=O) groups excluding carboxylic acids is 1. The largest absolute Gasteiger partial charge is 0.464 e. The van der Waals surface area contributed by atoms with E-state index in [1.165, 1.54) is 7.11 Å². The highest BCUT2D eigenvalue weighted by molar-refractivity contribution is 6.35. The highest BCUT2D eigenvalue weighted by atomic mass is 35.5. The van der Waals surface area contributed by atoms with Crippen molar-refractivity contribution in [2.75, 3.05) is 12.4 Å². The number of aromatic nitrogens is 2. The summed E-state index contributed by atoms with van der Waals surface area (Å²) in [6, 6.07) is 10.1. The average Bonchev–Trinajstić information content (AvgIpc) is 3.58. The number of carbonyl (C=O) groups is 1. The number of methoxy groups -OCH3 is 1. The van der Waals surface area contributed by atoms with Crippen LogP contribution in [0.3, 0.4) is 0 Å². The van der Waals surface area contributed by atoms with E-state index in [4.69, 9.17) is 16.3 Å². The van der Waals surface area contributed by atoms with Crippen molar-refractivity contribution >= 4 is 29.5 Å². The van der Waals surface area contributed by atoms with Crippen LogP contribution < -0.4 is 5.32 Å². The first-order valence-corrected chi connectivity index (χ1v) is 9.16. The number of anilines is 1. The molecule has 134 valence electrons. The highest BCUT2D eigenvalue weighted by Crippen LogP contribution is 2.44. The van der Waals surface area contributed by atoms with Crippen molar-refractivity contribution in [3.05, 3.63) is 58.5 Å². The number of esters is 1. The van der Waals surface area contributed by atoms with Gasteiger partial charge in [-0.3, -0.25) is 0 Å². The van der Waals surface area contributed by atoms with Crippen LogP contribution in [0.2, 0.25) is 5.02 Å². The summed E-state index contributed by atoms with van der Waals surface area (Å²) >= 11 is 6.42. The summed E-state index contributed by atoms with van der Waals surface area (Å²) in [4.78, 5) is 21.0. The molecule has 0 bridgehead atoms. The Bertz CT molecular complexity index is 859. The van der Waals surface area contributed by atoms with Gasteiger partial charge in [0.15, 0.2) is 5.69 Å². The van der Waals surface area contributed by atoms with Crippen molar-refractivity contribution in [2.45, 2.75) is 37.1 Å². The summed E-state index contributed by atoms with van der Waals surface area (Å²) in [5.74, 6) is 0.956. The Labute approximate surface area is 157 Å². The van der Waals surface area contributed by atoms with Crippen molar-refractivity contribution in [1.29, 1.82) is 0 Å². The second-order valence-corrected chi connectivity index (χ2v) is 7.26. The third kappa shape index (κ3) is 3.58. The molecule has 2 aliphatic rings. The number of ether oxygens (including phenoxy) is 1. The molecule has 1 aromatic heterocycles. The van der Waals surface area contributed by atoms with Gasteiger partial charge in [-0.05, 0) is 31.2 Å². The lowest BCUT2D eigenvalue weighted by Crippen LogP contribution is -2.21. The van der Waals surface area contributed by atoms with E-state index < -0.39 is 5.97 Å². The zero-order valence-electron chi connectivity index (χ0n) is 14.5. The Morgan fingerprint density at radius 2 is 2.00 bits per heavy atom. The Kier molecular flexibility index (Phi) is 4.41. The third-order valence-corrected chi connectivity index (χ3v) is 5.10. The molecule has 1 N–H and O–H groups in total. The van der Waals surface area contributed by atoms with E-state index in [1.807, 2.05) is 18.2 Å². The monoisotopic (exact) mass is 369 g/mol. The van der Waals surface area contributed by atoms with E-state index in [0.29, 0.717) is 17.6 Å². The molecule has 0 radical (unpaired) electrons. The normalized spacial score (nSPS) is 17.9. The molecule has 0 unspecified atom stereocenters. The molecule has 26 heavy (non-hydrogen) atoms. The fourth-order valence-corrected chi connectivity index (χ4v) is 3.04. The third-order valence-electron chi connectivity index (χ3n) is 4.74. The summed E-state index contributed by atoms with van der Waals surface area (Å²) in [6.07, 6.45) is 8.31. The molecule has 0 amide bonds. The van der Waals surface area contributed by atoms with Crippen molar-refractivity contribution in [1.82, 2.24) is 9.97 Å². The summed E-state index contributed by atoms with van der Waals surface area (Å²) in [5.41, 5.74) is 1.10. The summed E-state index contributed by atoms with van der Waals surface area (Å²) < 4.78 is 4.82. The lowest BCUT2D eigenvalue weighted by molar-refractivity contribution is 0.0593. The van der Waals surface area contributed by atoms with Crippen LogP contribution in [-0.2, 0) is 4.74 Å². The second kappa shape index (κ2) is 6.72. The SMILES string of the molecule is COC(=O)c1nc(C2CC2)nc(NC2(/C=C/c3ccccc3)CC2)c1Cl. The molecule has 4 rings (SSSR count). The molecule has 2 aromatic rings. The minimum atomic E-state index is -0.535. The minimum Gasteiger partial charge on any atom is -0.464 e. The van der Waals surface area contributed by atoms with E-state index in [9.17, 15) is 4.79 Å². The Morgan fingerprint density at radius 1 is 1.27 bits per heavy atom. The quantitative estimate of drug-likeness (QED) is 0.762. The average molecular weight is 370 g/mol. The Morgan fingerprint density at radius 3 is 2.62 bits per heavy atom. The van der Waals surface area contributed by atoms with Gasteiger partial charge >= 0.3 is 5.97 Å². The molecule has 1 aromatic carbocycles. The molecule has 2 saturated carbocycles. The maximum absolute atomic E-state index is 12.0. The number of hydrogen-bond donors (Lipinski definition) is 1. The summed E-state index contributed by atoms with van der Waals surface area (Å²) in [7, 11) is 1.33. The smallest absolute Gasteiger partial charge is 0.358 e. The summed E-state index contributed by atoms with van der Waals surface area (Å²) in [5, 5.41) is 3.66. The highest BCUT2D eigenvalue weighted by Gasteiger charge is 2.41. The van der Waals surface area contributed by atoms with Crippen molar-refractivity contribution in [3.8, 4) is 0 Å². The number of rotatable bonds is 6. The number of benzene rings is 1. The molecule has 0 saturated heterocycles. The van der Waals surface area contributed by atoms with Crippen LogP contribution in [0.4, 0.5) is 5.82 Å². The van der Waals surface area contributed by atoms with Gasteiger partial charge in [-0.25, -0.2) is 14.8 Å². The van der Waals surface area contributed by atoms with Crippen LogP contribution in [0.1, 0.15) is 53.5 Å². The van der Waals surface area contributed by atoms with Gasteiger partial charge in [0.25, 0.3) is 0 Å². The lowest BCUT2D eigenvalue weighted by Gasteiger charge is -2.17. The maximum Gasteiger partial charge on any atom is 0.358 e. The van der Waals surface area contributed by atoms with Crippen molar-refractivity contribution in [2.24, 2.45) is 0 Å². The summed E-state index contributed by atoms with van der Waals surface area (Å²) in [6.45, 7) is 0. The van der Waals surface area contributed by atoms with E-state index in [-0.39, 0.29) is 16.3 Å². The molecule has 0 spiro atoms. The number of nitrogens with one attached hydrogen (secondary N) is 1. The molecular formula is C20H20ClN3O2. The zero-order valence-corrected chi connectivity index (χ0v) is 15.3. The van der Waals surface area contributed by atoms with Crippen LogP contribution in [0.25, 0.3) is 6.08 Å². The molecule has 2 fully saturated rings. The van der Waals surface area contributed by atoms with Crippen LogP contribution in [0.5, 0.6) is 0 Å². The van der Waals surface area contributed by atoms with Crippen LogP contribution in [-0.4, -0.2) is 28.6 Å². The minimum absolute atomic E-state index is 0.136. The van der Waals surface area contributed by atoms with Gasteiger partial charge in [-0.1, -0.05) is 54.1 Å². The van der Waals surface area contributed by atoms with Crippen molar-refractivity contribution < 1.29 is 9.53 Å². The van der Waals surface area contributed by atoms with Gasteiger partial charge < -0.3 is 10.1 Å². The topological polar surface area (TPSA) is 64.1 Å². The van der Waals surface area contributed by atoms with E-state index in [2.05, 4.69) is 39.6 Å². The molecule has 0 aliphatic heterocycles. The fraction of sp³-hybridized carbons (Fsp3) is 0.350. The van der Waals surface area contributed by atoms with Gasteiger partial charge in [-0.15, -0.1) is 0 Å². The van der Waals surface area contributed by atoms with E-state index >= 15 is 0 Å². The molecule has 0 atom stereocenters. The standard InChI is InChI=1S/C20H20ClN3O2/c1-26-19(25)16-15(21)18(23-17(22-16)14-7-8-14)24-20(11-12-20)10-9-13-5-3-2-4-6-13/h2-6,9-10,14H,7-8,11-12H2,1H3,(H,22,23,24)/b10-9+. The first-order chi connectivity index (χ1) is 12.6. The first kappa shape index (κ1) is 17.0. The second-order valence-electron chi connectivity index (χ2n) is 6.88. The van der Waals surface area contributed by atoms with Gasteiger partial charge in [-0.2, -0.15) is 0 Å². The molecule has 5 nitrogen and oxygen atoms in total. The Hall–Kier alpha value is -2.40. The molecule has 2 aliphatic carbocycles. The van der Waals surface area contributed by atoms with Crippen LogP contribution >= 0.6 is 11.6 Å².